The Labute approximate surface area is 142 Å². The Hall–Kier alpha value is -2.41. The minimum Gasteiger partial charge on any atom is -0.346 e. The van der Waals surface area contributed by atoms with Crippen LogP contribution in [0.5, 0.6) is 0 Å². The van der Waals surface area contributed by atoms with E-state index in [1.54, 1.807) is 7.05 Å². The lowest BCUT2D eigenvalue weighted by Gasteiger charge is -2.25. The van der Waals surface area contributed by atoms with Crippen LogP contribution in [0.4, 0.5) is 5.69 Å². The molecule has 1 unspecified atom stereocenters. The van der Waals surface area contributed by atoms with Gasteiger partial charge in [-0.05, 0) is 31.0 Å². The van der Waals surface area contributed by atoms with Crippen LogP contribution < -0.4 is 15.5 Å². The number of likely N-dealkylation sites (N-methyl/N-ethyl adjacent to an activating group) is 1. The van der Waals surface area contributed by atoms with Crippen molar-refractivity contribution in [3.63, 3.8) is 0 Å². The monoisotopic (exact) mass is 333 g/mol. The van der Waals surface area contributed by atoms with Gasteiger partial charge in [-0.2, -0.15) is 0 Å². The van der Waals surface area contributed by atoms with Gasteiger partial charge >= 0.3 is 0 Å². The first-order valence-electron chi connectivity index (χ1n) is 8.06. The number of nitrogens with zero attached hydrogens (tertiary/aromatic N) is 1. The molecule has 3 amide bonds. The highest BCUT2D eigenvalue weighted by Gasteiger charge is 2.24. The highest BCUT2D eigenvalue weighted by Crippen LogP contribution is 2.16. The molecule has 24 heavy (non-hydrogen) atoms. The summed E-state index contributed by atoms with van der Waals surface area (Å²) in [4.78, 5) is 38.0. The van der Waals surface area contributed by atoms with Crippen molar-refractivity contribution in [1.82, 2.24) is 10.2 Å². The van der Waals surface area contributed by atoms with Crippen LogP contribution in [0.25, 0.3) is 0 Å². The highest BCUT2D eigenvalue weighted by atomic mass is 16.2. The van der Waals surface area contributed by atoms with Crippen LogP contribution in [-0.4, -0.2) is 62.4 Å². The molecule has 1 fully saturated rings. The molecule has 1 saturated heterocycles. The first-order chi connectivity index (χ1) is 11.3. The van der Waals surface area contributed by atoms with Crippen molar-refractivity contribution in [2.24, 2.45) is 0 Å². The summed E-state index contributed by atoms with van der Waals surface area (Å²) in [5.41, 5.74) is 2.80. The molecule has 0 aliphatic carbocycles. The Morgan fingerprint density at radius 1 is 1.33 bits per heavy atom. The topological polar surface area (TPSA) is 82.9 Å². The van der Waals surface area contributed by atoms with Gasteiger partial charge in [0.25, 0.3) is 11.8 Å². The smallest absolute Gasteiger partial charge is 0.277 e. The first-order valence-corrected chi connectivity index (χ1v) is 8.06. The van der Waals surface area contributed by atoms with Gasteiger partial charge in [-0.15, -0.1) is 0 Å². The molecule has 1 aromatic carbocycles. The van der Waals surface area contributed by atoms with E-state index in [1.165, 1.54) is 4.90 Å². The molecule has 7 nitrogen and oxygen atoms in total. The molecule has 130 valence electrons. The van der Waals surface area contributed by atoms with E-state index in [9.17, 15) is 14.4 Å². The molecule has 0 saturated carbocycles. The lowest BCUT2D eigenvalue weighted by atomic mass is 10.1. The van der Waals surface area contributed by atoms with Crippen molar-refractivity contribution in [3.05, 3.63) is 29.3 Å². The van der Waals surface area contributed by atoms with E-state index >= 15 is 0 Å². The number of piperazine rings is 1. The molecule has 0 spiro atoms. The fourth-order valence-electron chi connectivity index (χ4n) is 2.62. The summed E-state index contributed by atoms with van der Waals surface area (Å²) in [5.74, 6) is -0.416. The van der Waals surface area contributed by atoms with Gasteiger partial charge < -0.3 is 20.4 Å². The van der Waals surface area contributed by atoms with Gasteiger partial charge in [-0.1, -0.05) is 12.1 Å². The lowest BCUT2D eigenvalue weighted by molar-refractivity contribution is -0.885. The van der Waals surface area contributed by atoms with Crippen molar-refractivity contribution in [1.29, 1.82) is 0 Å². The molecule has 0 aromatic heterocycles. The molecule has 1 aliphatic heterocycles. The summed E-state index contributed by atoms with van der Waals surface area (Å²) in [6.45, 7) is 5.70. The molecule has 0 bridgehead atoms. The van der Waals surface area contributed by atoms with Crippen LogP contribution in [-0.2, 0) is 14.4 Å². The molecule has 1 atom stereocenters. The van der Waals surface area contributed by atoms with E-state index in [0.717, 1.165) is 28.3 Å². The Morgan fingerprint density at radius 2 is 2.08 bits per heavy atom. The summed E-state index contributed by atoms with van der Waals surface area (Å²) in [6.07, 6.45) is 0. The number of carbonyl (C=O) groups excluding carboxylic acids is 3. The van der Waals surface area contributed by atoms with Gasteiger partial charge in [0, 0.05) is 12.7 Å². The van der Waals surface area contributed by atoms with Gasteiger partial charge in [0.1, 0.15) is 0 Å². The minimum atomic E-state index is -0.231. The number of hydrogen-bond acceptors (Lipinski definition) is 3. The molecule has 1 aromatic rings. The number of rotatable bonds is 5. The van der Waals surface area contributed by atoms with Gasteiger partial charge in [-0.25, -0.2) is 0 Å². The zero-order valence-corrected chi connectivity index (χ0v) is 14.4. The fourth-order valence-corrected chi connectivity index (χ4v) is 2.62. The van der Waals surface area contributed by atoms with Crippen molar-refractivity contribution >= 4 is 23.4 Å². The van der Waals surface area contributed by atoms with Crippen LogP contribution in [0.1, 0.15) is 11.1 Å². The van der Waals surface area contributed by atoms with Gasteiger partial charge in [0.05, 0.1) is 19.6 Å². The molecule has 0 radical (unpaired) electrons. The van der Waals surface area contributed by atoms with Crippen molar-refractivity contribution in [2.45, 2.75) is 13.8 Å². The van der Waals surface area contributed by atoms with Crippen molar-refractivity contribution in [2.75, 3.05) is 45.1 Å². The molecule has 2 rings (SSSR count). The number of amides is 3. The zero-order valence-electron chi connectivity index (χ0n) is 14.4. The quantitative estimate of drug-likeness (QED) is 0.627. The Morgan fingerprint density at radius 3 is 2.79 bits per heavy atom. The van der Waals surface area contributed by atoms with Crippen LogP contribution in [0.2, 0.25) is 0 Å². The third kappa shape index (κ3) is 5.06. The van der Waals surface area contributed by atoms with Crippen molar-refractivity contribution < 1.29 is 19.3 Å². The molecular weight excluding hydrogens is 308 g/mol. The Kier molecular flexibility index (Phi) is 5.92. The number of nitrogens with one attached hydrogen (secondary N) is 3. The maximum Gasteiger partial charge on any atom is 0.277 e. The zero-order chi connectivity index (χ0) is 17.7. The average Bonchev–Trinajstić information content (AvgIpc) is 2.50. The third-order valence-corrected chi connectivity index (χ3v) is 4.09. The number of anilines is 1. The summed E-state index contributed by atoms with van der Waals surface area (Å²) in [6, 6.07) is 5.84. The molecule has 1 heterocycles. The second-order valence-corrected chi connectivity index (χ2v) is 6.32. The van der Waals surface area contributed by atoms with E-state index in [0.29, 0.717) is 13.1 Å². The van der Waals surface area contributed by atoms with E-state index in [2.05, 4.69) is 10.6 Å². The predicted octanol–water partition coefficient (Wildman–Crippen LogP) is -1.28. The first kappa shape index (κ1) is 17.9. The summed E-state index contributed by atoms with van der Waals surface area (Å²) in [5, 5.41) is 5.58. The summed E-state index contributed by atoms with van der Waals surface area (Å²) >= 11 is 0. The van der Waals surface area contributed by atoms with Gasteiger partial charge in [0.15, 0.2) is 13.1 Å². The maximum atomic E-state index is 12.2. The maximum absolute atomic E-state index is 12.2. The molecule has 1 aliphatic rings. The SMILES string of the molecule is Cc1ccc(C)c(NC(=O)CN(C)C(=O)C[NH+]2CCNC(=O)C2)c1. The Bertz CT molecular complexity index is 645. The standard InChI is InChI=1S/C17H24N4O3/c1-12-4-5-13(2)14(8-12)19-16(23)9-20(3)17(24)11-21-7-6-18-15(22)10-21/h4-5,8H,6-7,9-11H2,1-3H3,(H,18,22)(H,19,23)/p+1. The second kappa shape index (κ2) is 7.92. The molecule has 7 heteroatoms. The van der Waals surface area contributed by atoms with Crippen LogP contribution in [0, 0.1) is 13.8 Å². The minimum absolute atomic E-state index is 0.00824. The highest BCUT2D eigenvalue weighted by molar-refractivity contribution is 5.95. The average molecular weight is 333 g/mol. The largest absolute Gasteiger partial charge is 0.346 e. The number of quaternary nitrogens is 1. The number of benzene rings is 1. The normalized spacial score (nSPS) is 17.1. The van der Waals surface area contributed by atoms with E-state index in [-0.39, 0.29) is 30.8 Å². The van der Waals surface area contributed by atoms with Crippen LogP contribution in [0.15, 0.2) is 18.2 Å². The van der Waals surface area contributed by atoms with E-state index in [4.69, 9.17) is 0 Å². The predicted molar refractivity (Wildman–Crippen MR) is 90.8 cm³/mol. The summed E-state index contributed by atoms with van der Waals surface area (Å²) < 4.78 is 0. The molecular formula is C17H25N4O3+. The van der Waals surface area contributed by atoms with Crippen molar-refractivity contribution in [3.8, 4) is 0 Å². The second-order valence-electron chi connectivity index (χ2n) is 6.32. The van der Waals surface area contributed by atoms with Crippen LogP contribution in [0.3, 0.4) is 0 Å². The molecule has 3 N–H and O–H groups in total. The summed E-state index contributed by atoms with van der Waals surface area (Å²) in [7, 11) is 1.61. The van der Waals surface area contributed by atoms with Crippen LogP contribution >= 0.6 is 0 Å². The van der Waals surface area contributed by atoms with E-state index < -0.39 is 0 Å². The third-order valence-electron chi connectivity index (χ3n) is 4.09. The van der Waals surface area contributed by atoms with E-state index in [1.807, 2.05) is 32.0 Å². The Balaban J connectivity index is 1.85. The van der Waals surface area contributed by atoms with Gasteiger partial charge in [-0.3, -0.25) is 14.4 Å². The lowest BCUT2D eigenvalue weighted by Crippen LogP contribution is -3.16. The fraction of sp³-hybridized carbons (Fsp3) is 0.471. The van der Waals surface area contributed by atoms with Gasteiger partial charge in [0.2, 0.25) is 5.91 Å². The number of aryl methyl sites for hydroxylation is 2. The number of hydrogen-bond donors (Lipinski definition) is 3. The number of carbonyl (C=O) groups is 3.